The predicted octanol–water partition coefficient (Wildman–Crippen LogP) is 6.25. The topological polar surface area (TPSA) is 64.1 Å². The minimum Gasteiger partial charge on any atom is -0.381 e. The van der Waals surface area contributed by atoms with Crippen LogP contribution in [0.1, 0.15) is 65.6 Å². The van der Waals surface area contributed by atoms with Crippen molar-refractivity contribution >= 4 is 33.0 Å². The quantitative estimate of drug-likeness (QED) is 0.438. The Bertz CT molecular complexity index is 1160. The number of nitrogens with one attached hydrogen (secondary N) is 1. The van der Waals surface area contributed by atoms with E-state index in [0.29, 0.717) is 47.8 Å². The Morgan fingerprint density at radius 3 is 2.59 bits per heavy atom. The zero-order chi connectivity index (χ0) is 23.0. The predicted molar refractivity (Wildman–Crippen MR) is 118 cm³/mol. The number of benzene rings is 1. The summed E-state index contributed by atoms with van der Waals surface area (Å²) in [5.41, 5.74) is -0.317. The molecule has 0 amide bonds. The first-order chi connectivity index (χ1) is 15.2. The normalized spacial score (nSPS) is 17.0. The highest BCUT2D eigenvalue weighted by Gasteiger charge is 2.37. The molecule has 4 rings (SSSR count). The number of nitrogens with zero attached hydrogens (tertiary/aromatic N) is 2. The van der Waals surface area contributed by atoms with E-state index in [1.165, 1.54) is 23.5 Å². The number of ether oxygens (including phenoxy) is 1. The van der Waals surface area contributed by atoms with Crippen molar-refractivity contribution in [3.63, 3.8) is 0 Å². The summed E-state index contributed by atoms with van der Waals surface area (Å²) >= 11 is 1.36. The van der Waals surface area contributed by atoms with E-state index in [4.69, 9.17) is 4.74 Å². The second-order valence-corrected chi connectivity index (χ2v) is 9.46. The fourth-order valence-electron chi connectivity index (χ4n) is 3.98. The lowest BCUT2D eigenvalue weighted by molar-refractivity contribution is 0.0238. The molecule has 0 spiro atoms. The highest BCUT2D eigenvalue weighted by molar-refractivity contribution is 7.21. The maximum atomic E-state index is 14.6. The number of carbonyl (C=O) groups excluding carboxylic acids is 1. The number of alkyl halides is 2. The van der Waals surface area contributed by atoms with Gasteiger partial charge in [-0.25, -0.2) is 13.2 Å². The summed E-state index contributed by atoms with van der Waals surface area (Å²) in [5.74, 6) is -0.490. The third-order valence-electron chi connectivity index (χ3n) is 6.10. The van der Waals surface area contributed by atoms with Gasteiger partial charge in [-0.1, -0.05) is 25.1 Å². The lowest BCUT2D eigenvalue weighted by Crippen LogP contribution is -2.34. The van der Waals surface area contributed by atoms with Gasteiger partial charge in [0, 0.05) is 29.6 Å². The van der Waals surface area contributed by atoms with Crippen molar-refractivity contribution in [2.45, 2.75) is 46.1 Å². The van der Waals surface area contributed by atoms with Crippen LogP contribution in [0.25, 0.3) is 10.1 Å². The maximum absolute atomic E-state index is 14.6. The molecule has 0 unspecified atom stereocenters. The number of carbonyl (C=O) groups is 1. The summed E-state index contributed by atoms with van der Waals surface area (Å²) in [7, 11) is 0. The van der Waals surface area contributed by atoms with Gasteiger partial charge in [-0.3, -0.25) is 4.79 Å². The molecule has 1 aliphatic heterocycles. The van der Waals surface area contributed by atoms with Crippen molar-refractivity contribution in [2.24, 2.45) is 5.41 Å². The fraction of sp³-hybridized carbons (Fsp3) is 0.435. The zero-order valence-electron chi connectivity index (χ0n) is 18.0. The molecule has 2 aromatic heterocycles. The molecule has 170 valence electrons. The number of rotatable bonds is 6. The van der Waals surface area contributed by atoms with Gasteiger partial charge in [0.15, 0.2) is 11.6 Å². The second-order valence-electron chi connectivity index (χ2n) is 8.41. The van der Waals surface area contributed by atoms with Crippen LogP contribution in [0.3, 0.4) is 0 Å². The molecule has 1 atom stereocenters. The number of Topliss-reactive ketones (excluding diaryl/α,β-unsaturated/α-hetero) is 1. The number of fused-ring (bicyclic) bond motifs is 1. The van der Waals surface area contributed by atoms with Crippen molar-refractivity contribution in [3.8, 4) is 0 Å². The van der Waals surface area contributed by atoms with Crippen LogP contribution in [-0.4, -0.2) is 29.2 Å². The molecule has 1 aromatic carbocycles. The van der Waals surface area contributed by atoms with E-state index in [1.54, 1.807) is 13.0 Å². The number of hydrogen-bond acceptors (Lipinski definition) is 6. The van der Waals surface area contributed by atoms with Gasteiger partial charge in [0.1, 0.15) is 5.82 Å². The SMILES string of the molecule is Cc1nnc(N[C@H](C)c2cccc(C(F)F)c2F)c2cc(C(=O)C3(C)CCOCC3)sc12. The van der Waals surface area contributed by atoms with Crippen LogP contribution < -0.4 is 5.32 Å². The molecule has 5 nitrogen and oxygen atoms in total. The summed E-state index contributed by atoms with van der Waals surface area (Å²) in [6.45, 7) is 6.56. The Kier molecular flexibility index (Phi) is 6.22. The molecule has 3 aromatic rings. The lowest BCUT2D eigenvalue weighted by atomic mass is 9.78. The Balaban J connectivity index is 1.68. The van der Waals surface area contributed by atoms with Crippen molar-refractivity contribution < 1.29 is 22.7 Å². The molecule has 1 fully saturated rings. The van der Waals surface area contributed by atoms with E-state index in [9.17, 15) is 18.0 Å². The van der Waals surface area contributed by atoms with Crippen LogP contribution in [-0.2, 0) is 4.74 Å². The average Bonchev–Trinajstić information content (AvgIpc) is 3.22. The Hall–Kier alpha value is -2.52. The minimum atomic E-state index is -2.90. The van der Waals surface area contributed by atoms with Crippen LogP contribution in [0.15, 0.2) is 24.3 Å². The van der Waals surface area contributed by atoms with E-state index >= 15 is 0 Å². The van der Waals surface area contributed by atoms with Crippen LogP contribution >= 0.6 is 11.3 Å². The third-order valence-corrected chi connectivity index (χ3v) is 7.34. The number of aromatic nitrogens is 2. The third kappa shape index (κ3) is 4.11. The van der Waals surface area contributed by atoms with E-state index in [2.05, 4.69) is 15.5 Å². The molecular weight excluding hydrogens is 439 g/mol. The van der Waals surface area contributed by atoms with E-state index in [1.807, 2.05) is 13.8 Å². The molecule has 0 bridgehead atoms. The summed E-state index contributed by atoms with van der Waals surface area (Å²) in [6.07, 6.45) is -1.57. The molecule has 32 heavy (non-hydrogen) atoms. The summed E-state index contributed by atoms with van der Waals surface area (Å²) in [5, 5.41) is 12.2. The Morgan fingerprint density at radius 1 is 1.22 bits per heavy atom. The highest BCUT2D eigenvalue weighted by atomic mass is 32.1. The number of ketones is 1. The summed E-state index contributed by atoms with van der Waals surface area (Å²) in [6, 6.07) is 5.11. The van der Waals surface area contributed by atoms with Crippen molar-refractivity contribution in [3.05, 3.63) is 51.8 Å². The minimum absolute atomic E-state index is 0.0658. The zero-order valence-corrected chi connectivity index (χ0v) is 18.9. The number of halogens is 3. The van der Waals surface area contributed by atoms with Crippen molar-refractivity contribution in [1.82, 2.24) is 10.2 Å². The summed E-state index contributed by atoms with van der Waals surface area (Å²) in [4.78, 5) is 13.9. The molecule has 9 heteroatoms. The van der Waals surface area contributed by atoms with Gasteiger partial charge in [0.05, 0.1) is 26.9 Å². The standard InChI is InChI=1S/C23H24F3N3O2S/c1-12(14-5-4-6-15(18(14)24)21(25)26)27-22-16-11-17(32-19(16)13(2)28-29-22)20(30)23(3)7-9-31-10-8-23/h4-6,11-12,21H,7-10H2,1-3H3,(H,27,29)/t12-/m1/s1. The molecule has 0 saturated carbocycles. The van der Waals surface area contributed by atoms with Gasteiger partial charge in [0.2, 0.25) is 0 Å². The number of aryl methyl sites for hydroxylation is 1. The Labute approximate surface area is 188 Å². The smallest absolute Gasteiger partial charge is 0.266 e. The number of thiophene rings is 1. The molecule has 0 radical (unpaired) electrons. The van der Waals surface area contributed by atoms with Crippen LogP contribution in [0, 0.1) is 18.2 Å². The van der Waals surface area contributed by atoms with Gasteiger partial charge in [-0.15, -0.1) is 16.4 Å². The molecule has 3 heterocycles. The van der Waals surface area contributed by atoms with E-state index in [0.717, 1.165) is 10.8 Å². The first-order valence-corrected chi connectivity index (χ1v) is 11.3. The molecule has 1 aliphatic rings. The first-order valence-electron chi connectivity index (χ1n) is 10.4. The highest BCUT2D eigenvalue weighted by Crippen LogP contribution is 2.39. The average molecular weight is 464 g/mol. The van der Waals surface area contributed by atoms with E-state index < -0.39 is 29.3 Å². The number of anilines is 1. The van der Waals surface area contributed by atoms with E-state index in [-0.39, 0.29) is 11.3 Å². The number of hydrogen-bond donors (Lipinski definition) is 1. The van der Waals surface area contributed by atoms with Gasteiger partial charge in [-0.05, 0) is 32.8 Å². The van der Waals surface area contributed by atoms with Gasteiger partial charge < -0.3 is 10.1 Å². The van der Waals surface area contributed by atoms with Gasteiger partial charge in [-0.2, -0.15) is 5.10 Å². The van der Waals surface area contributed by atoms with Crippen LogP contribution in [0.2, 0.25) is 0 Å². The second kappa shape index (κ2) is 8.78. The first kappa shape index (κ1) is 22.7. The largest absolute Gasteiger partial charge is 0.381 e. The molecular formula is C23H24F3N3O2S. The molecule has 1 saturated heterocycles. The fourth-order valence-corrected chi connectivity index (χ4v) is 5.17. The maximum Gasteiger partial charge on any atom is 0.266 e. The van der Waals surface area contributed by atoms with Crippen molar-refractivity contribution in [1.29, 1.82) is 0 Å². The lowest BCUT2D eigenvalue weighted by Gasteiger charge is -2.31. The van der Waals surface area contributed by atoms with Crippen LogP contribution in [0.4, 0.5) is 19.0 Å². The van der Waals surface area contributed by atoms with Crippen molar-refractivity contribution in [2.75, 3.05) is 18.5 Å². The van der Waals surface area contributed by atoms with Gasteiger partial charge >= 0.3 is 0 Å². The molecule has 0 aliphatic carbocycles. The summed E-state index contributed by atoms with van der Waals surface area (Å²) < 4.78 is 47.0. The molecule has 1 N–H and O–H groups in total. The monoisotopic (exact) mass is 463 g/mol. The Morgan fingerprint density at radius 2 is 1.91 bits per heavy atom. The van der Waals surface area contributed by atoms with Gasteiger partial charge in [0.25, 0.3) is 6.43 Å². The van der Waals surface area contributed by atoms with Crippen LogP contribution in [0.5, 0.6) is 0 Å².